The zero-order valence-corrected chi connectivity index (χ0v) is 14.8. The zero-order chi connectivity index (χ0) is 17.0. The summed E-state index contributed by atoms with van der Waals surface area (Å²) < 4.78 is 31.7. The molecule has 0 unspecified atom stereocenters. The lowest BCUT2D eigenvalue weighted by Gasteiger charge is -2.13. The Labute approximate surface area is 143 Å². The van der Waals surface area contributed by atoms with E-state index in [0.29, 0.717) is 4.47 Å². The molecule has 2 N–H and O–H groups in total. The van der Waals surface area contributed by atoms with E-state index in [9.17, 15) is 18.0 Å². The average Bonchev–Trinajstić information content (AvgIpc) is 3.29. The molecule has 0 spiro atoms. The summed E-state index contributed by atoms with van der Waals surface area (Å²) in [5.74, 6) is -1.20. The van der Waals surface area contributed by atoms with Gasteiger partial charge in [0.25, 0.3) is 5.91 Å². The molecule has 1 fully saturated rings. The number of ether oxygens (including phenoxy) is 1. The maximum Gasteiger partial charge on any atom is 0.321 e. The second kappa shape index (κ2) is 7.41. The van der Waals surface area contributed by atoms with Gasteiger partial charge in [-0.15, -0.1) is 0 Å². The van der Waals surface area contributed by atoms with Crippen LogP contribution in [0.5, 0.6) is 0 Å². The van der Waals surface area contributed by atoms with E-state index in [0.717, 1.165) is 12.8 Å². The van der Waals surface area contributed by atoms with Crippen LogP contribution in [-0.2, 0) is 24.3 Å². The monoisotopic (exact) mass is 404 g/mol. The van der Waals surface area contributed by atoms with Crippen molar-refractivity contribution in [3.05, 3.63) is 28.7 Å². The van der Waals surface area contributed by atoms with E-state index in [1.165, 1.54) is 13.0 Å². The molecule has 1 atom stereocenters. The minimum Gasteiger partial charge on any atom is -0.452 e. The van der Waals surface area contributed by atoms with E-state index < -0.39 is 28.6 Å². The third-order valence-electron chi connectivity index (χ3n) is 3.13. The molecule has 2 rings (SSSR count). The van der Waals surface area contributed by atoms with Crippen LogP contribution < -0.4 is 10.0 Å². The predicted molar refractivity (Wildman–Crippen MR) is 86.0 cm³/mol. The van der Waals surface area contributed by atoms with Crippen LogP contribution in [-0.4, -0.2) is 39.0 Å². The minimum atomic E-state index is -3.85. The van der Waals surface area contributed by atoms with Crippen LogP contribution in [0.2, 0.25) is 0 Å². The lowest BCUT2D eigenvalue weighted by molar-refractivity contribution is -0.153. The van der Waals surface area contributed by atoms with Gasteiger partial charge in [0.1, 0.15) is 6.54 Å². The maximum absolute atomic E-state index is 12.1. The van der Waals surface area contributed by atoms with Crippen LogP contribution in [0.3, 0.4) is 0 Å². The number of carbonyl (C=O) groups excluding carboxylic acids is 2. The fourth-order valence-electron chi connectivity index (χ4n) is 1.73. The molecule has 1 saturated carbocycles. The first-order valence-electron chi connectivity index (χ1n) is 7.03. The number of hydrogen-bond donors (Lipinski definition) is 2. The summed E-state index contributed by atoms with van der Waals surface area (Å²) in [6, 6.07) is 6.40. The minimum absolute atomic E-state index is 0.0207. The van der Waals surface area contributed by atoms with E-state index in [2.05, 4.69) is 26.0 Å². The number of esters is 1. The van der Waals surface area contributed by atoms with Crippen molar-refractivity contribution in [3.8, 4) is 0 Å². The Morgan fingerprint density at radius 1 is 1.35 bits per heavy atom. The Balaban J connectivity index is 1.85. The Morgan fingerprint density at radius 2 is 2.00 bits per heavy atom. The number of hydrogen-bond acceptors (Lipinski definition) is 5. The van der Waals surface area contributed by atoms with Gasteiger partial charge in [-0.25, -0.2) is 8.42 Å². The summed E-state index contributed by atoms with van der Waals surface area (Å²) >= 11 is 3.14. The maximum atomic E-state index is 12.1. The second-order valence-electron chi connectivity index (χ2n) is 5.17. The Bertz CT molecular complexity index is 703. The molecule has 0 radical (unpaired) electrons. The van der Waals surface area contributed by atoms with Gasteiger partial charge >= 0.3 is 5.97 Å². The van der Waals surface area contributed by atoms with Crippen LogP contribution in [0.25, 0.3) is 0 Å². The quantitative estimate of drug-likeness (QED) is 0.658. The SMILES string of the molecule is C[C@@H](OC(=O)CNS(=O)(=O)c1ccccc1Br)C(=O)NC1CC1. The number of nitrogens with one attached hydrogen (secondary N) is 2. The van der Waals surface area contributed by atoms with Gasteiger partial charge in [0.15, 0.2) is 6.10 Å². The van der Waals surface area contributed by atoms with Crippen molar-refractivity contribution >= 4 is 37.8 Å². The number of halogens is 1. The van der Waals surface area contributed by atoms with Crippen molar-refractivity contribution in [2.24, 2.45) is 0 Å². The Morgan fingerprint density at radius 3 is 2.61 bits per heavy atom. The van der Waals surface area contributed by atoms with E-state index >= 15 is 0 Å². The van der Waals surface area contributed by atoms with E-state index in [1.54, 1.807) is 18.2 Å². The average molecular weight is 405 g/mol. The lowest BCUT2D eigenvalue weighted by Crippen LogP contribution is -2.39. The fourth-order valence-corrected chi connectivity index (χ4v) is 3.70. The topological polar surface area (TPSA) is 102 Å². The molecular weight excluding hydrogens is 388 g/mol. The van der Waals surface area contributed by atoms with Crippen LogP contribution in [0.1, 0.15) is 19.8 Å². The molecule has 0 aliphatic heterocycles. The van der Waals surface area contributed by atoms with Crippen molar-refractivity contribution in [2.45, 2.75) is 36.8 Å². The van der Waals surface area contributed by atoms with Gasteiger partial charge in [-0.1, -0.05) is 12.1 Å². The highest BCUT2D eigenvalue weighted by atomic mass is 79.9. The molecule has 0 bridgehead atoms. The van der Waals surface area contributed by atoms with Crippen molar-refractivity contribution < 1.29 is 22.7 Å². The number of amides is 1. The molecule has 1 aromatic rings. The number of sulfonamides is 1. The summed E-state index contributed by atoms with van der Waals surface area (Å²) in [5, 5.41) is 2.70. The van der Waals surface area contributed by atoms with Crippen molar-refractivity contribution in [1.29, 1.82) is 0 Å². The van der Waals surface area contributed by atoms with Gasteiger partial charge < -0.3 is 10.1 Å². The molecule has 0 saturated heterocycles. The zero-order valence-electron chi connectivity index (χ0n) is 12.4. The summed E-state index contributed by atoms with van der Waals surface area (Å²) in [7, 11) is -3.85. The van der Waals surface area contributed by atoms with Crippen LogP contribution >= 0.6 is 15.9 Å². The first-order chi connectivity index (χ1) is 10.8. The highest BCUT2D eigenvalue weighted by Crippen LogP contribution is 2.20. The van der Waals surface area contributed by atoms with Crippen molar-refractivity contribution in [2.75, 3.05) is 6.54 Å². The molecular formula is C14H17BrN2O5S. The third-order valence-corrected chi connectivity index (χ3v) is 5.55. The molecule has 1 aliphatic carbocycles. The van der Waals surface area contributed by atoms with Crippen molar-refractivity contribution in [1.82, 2.24) is 10.0 Å². The van der Waals surface area contributed by atoms with E-state index in [1.807, 2.05) is 0 Å². The smallest absolute Gasteiger partial charge is 0.321 e. The summed E-state index contributed by atoms with van der Waals surface area (Å²) in [6.45, 7) is 0.891. The molecule has 0 aromatic heterocycles. The van der Waals surface area contributed by atoms with Gasteiger partial charge in [0.05, 0.1) is 4.90 Å². The van der Waals surface area contributed by atoms with E-state index in [4.69, 9.17) is 4.74 Å². The van der Waals surface area contributed by atoms with Gasteiger partial charge in [0, 0.05) is 10.5 Å². The third kappa shape index (κ3) is 5.29. The largest absolute Gasteiger partial charge is 0.452 e. The summed E-state index contributed by atoms with van der Waals surface area (Å²) in [5.41, 5.74) is 0. The van der Waals surface area contributed by atoms with Gasteiger partial charge in [-0.2, -0.15) is 4.72 Å². The van der Waals surface area contributed by atoms with Crippen molar-refractivity contribution in [3.63, 3.8) is 0 Å². The molecule has 7 nitrogen and oxygen atoms in total. The second-order valence-corrected chi connectivity index (χ2v) is 7.76. The Kier molecular flexibility index (Phi) is 5.77. The highest BCUT2D eigenvalue weighted by molar-refractivity contribution is 9.10. The molecule has 0 heterocycles. The molecule has 1 aromatic carbocycles. The van der Waals surface area contributed by atoms with Gasteiger partial charge in [-0.05, 0) is 47.8 Å². The number of benzene rings is 1. The number of rotatable bonds is 7. The summed E-state index contributed by atoms with van der Waals surface area (Å²) in [4.78, 5) is 23.4. The standard InChI is InChI=1S/C14H17BrN2O5S/c1-9(14(19)17-10-6-7-10)22-13(18)8-16-23(20,21)12-5-3-2-4-11(12)15/h2-5,9-10,16H,6-8H2,1H3,(H,17,19)/t9-/m1/s1. The Hall–Kier alpha value is -1.45. The van der Waals surface area contributed by atoms with Crippen LogP contribution in [0, 0.1) is 0 Å². The molecule has 9 heteroatoms. The summed E-state index contributed by atoms with van der Waals surface area (Å²) in [6.07, 6.45) is 0.895. The number of carbonyl (C=O) groups is 2. The normalized spacial score (nSPS) is 15.7. The highest BCUT2D eigenvalue weighted by Gasteiger charge is 2.27. The van der Waals surface area contributed by atoms with E-state index in [-0.39, 0.29) is 16.8 Å². The lowest BCUT2D eigenvalue weighted by atomic mass is 10.3. The van der Waals surface area contributed by atoms with Gasteiger partial charge in [-0.3, -0.25) is 9.59 Å². The predicted octanol–water partition coefficient (Wildman–Crippen LogP) is 0.938. The molecule has 126 valence electrons. The van der Waals surface area contributed by atoms with Crippen LogP contribution in [0.15, 0.2) is 33.6 Å². The van der Waals surface area contributed by atoms with Crippen LogP contribution in [0.4, 0.5) is 0 Å². The van der Waals surface area contributed by atoms with Gasteiger partial charge in [0.2, 0.25) is 10.0 Å². The molecule has 1 amide bonds. The fraction of sp³-hybridized carbons (Fsp3) is 0.429. The first kappa shape index (κ1) is 17.9. The molecule has 23 heavy (non-hydrogen) atoms. The first-order valence-corrected chi connectivity index (χ1v) is 9.31. The molecule has 1 aliphatic rings.